The van der Waals surface area contributed by atoms with Crippen molar-refractivity contribution in [2.75, 3.05) is 0 Å². The van der Waals surface area contributed by atoms with Crippen molar-refractivity contribution in [1.82, 2.24) is 0 Å². The van der Waals surface area contributed by atoms with Gasteiger partial charge in [-0.15, -0.1) is 0 Å². The quantitative estimate of drug-likeness (QED) is 0.0681. The first-order valence-electron chi connectivity index (χ1n) is 18.0. The van der Waals surface area contributed by atoms with Crippen molar-refractivity contribution in [1.29, 1.82) is 0 Å². The maximum absolute atomic E-state index is 13.7. The molecule has 0 saturated heterocycles. The van der Waals surface area contributed by atoms with Gasteiger partial charge in [-0.2, -0.15) is 0 Å². The molecule has 0 aliphatic heterocycles. The van der Waals surface area contributed by atoms with E-state index in [9.17, 15) is 9.59 Å². The standard InChI is InChI=1S/C44H44Cl2O4/c1-5-9-15-27(7-3)43(47)49-41-33-19-13-11-17-31(33)39(37-25-29(45)21-23-35(37)41)40-32-18-12-14-20-34(32)42(36-24-22-30(46)26-38(36)40)50-44(48)28(8-4)16-10-6-2/h11-14,17-28H,5-10,15-16H2,1-4H3. The van der Waals surface area contributed by atoms with E-state index in [-0.39, 0.29) is 23.8 Å². The Bertz CT molecular complexity index is 2050. The average Bonchev–Trinajstić information content (AvgIpc) is 3.12. The second-order valence-corrected chi connectivity index (χ2v) is 14.1. The van der Waals surface area contributed by atoms with Crippen molar-refractivity contribution >= 4 is 78.2 Å². The van der Waals surface area contributed by atoms with Crippen molar-refractivity contribution in [3.8, 4) is 22.6 Å². The van der Waals surface area contributed by atoms with E-state index in [0.29, 0.717) is 34.4 Å². The molecule has 0 heterocycles. The Hall–Kier alpha value is -4.12. The van der Waals surface area contributed by atoms with Crippen molar-refractivity contribution < 1.29 is 19.1 Å². The lowest BCUT2D eigenvalue weighted by atomic mass is 9.85. The van der Waals surface area contributed by atoms with Gasteiger partial charge in [0.25, 0.3) is 0 Å². The molecule has 0 saturated carbocycles. The molecular formula is C44H44Cl2O4. The first kappa shape index (κ1) is 35.7. The molecule has 0 aromatic heterocycles. The number of carbonyl (C=O) groups is 2. The van der Waals surface area contributed by atoms with E-state index in [4.69, 9.17) is 32.7 Å². The molecule has 0 amide bonds. The lowest BCUT2D eigenvalue weighted by Gasteiger charge is -2.23. The molecule has 6 aromatic carbocycles. The summed E-state index contributed by atoms with van der Waals surface area (Å²) in [6, 6.07) is 27.5. The molecule has 0 fully saturated rings. The predicted molar refractivity (Wildman–Crippen MR) is 210 cm³/mol. The molecule has 4 nitrogen and oxygen atoms in total. The van der Waals surface area contributed by atoms with Gasteiger partial charge >= 0.3 is 11.9 Å². The fourth-order valence-electron chi connectivity index (χ4n) is 7.23. The number of esters is 2. The van der Waals surface area contributed by atoms with Gasteiger partial charge in [0, 0.05) is 31.6 Å². The summed E-state index contributed by atoms with van der Waals surface area (Å²) in [5, 5.41) is 7.88. The van der Waals surface area contributed by atoms with Crippen LogP contribution in [0.2, 0.25) is 10.0 Å². The van der Waals surface area contributed by atoms with Gasteiger partial charge in [-0.1, -0.05) is 125 Å². The summed E-state index contributed by atoms with van der Waals surface area (Å²) in [6.45, 7) is 8.34. The topological polar surface area (TPSA) is 52.6 Å². The monoisotopic (exact) mass is 706 g/mol. The summed E-state index contributed by atoms with van der Waals surface area (Å²) < 4.78 is 12.8. The molecule has 6 aromatic rings. The lowest BCUT2D eigenvalue weighted by molar-refractivity contribution is -0.140. The van der Waals surface area contributed by atoms with E-state index < -0.39 is 0 Å². The number of hydrogen-bond acceptors (Lipinski definition) is 4. The maximum Gasteiger partial charge on any atom is 0.314 e. The number of benzene rings is 6. The molecular weight excluding hydrogens is 663 g/mol. The average molecular weight is 708 g/mol. The van der Waals surface area contributed by atoms with Crippen LogP contribution in [0.15, 0.2) is 84.9 Å². The van der Waals surface area contributed by atoms with Crippen LogP contribution in [0.4, 0.5) is 0 Å². The normalized spacial score (nSPS) is 12.8. The Morgan fingerprint density at radius 1 is 0.520 bits per heavy atom. The number of carbonyl (C=O) groups excluding carboxylic acids is 2. The minimum absolute atomic E-state index is 0.185. The molecule has 0 aliphatic carbocycles. The molecule has 0 spiro atoms. The van der Waals surface area contributed by atoms with Crippen LogP contribution in [-0.2, 0) is 9.59 Å². The van der Waals surface area contributed by atoms with Gasteiger partial charge in [-0.25, -0.2) is 0 Å². The van der Waals surface area contributed by atoms with Crippen LogP contribution >= 0.6 is 23.2 Å². The lowest BCUT2D eigenvalue weighted by Crippen LogP contribution is -2.20. The summed E-state index contributed by atoms with van der Waals surface area (Å²) in [6.07, 6.45) is 6.98. The van der Waals surface area contributed by atoms with Crippen molar-refractivity contribution in [2.45, 2.75) is 79.1 Å². The first-order chi connectivity index (χ1) is 24.3. The van der Waals surface area contributed by atoms with Crippen molar-refractivity contribution in [3.05, 3.63) is 95.0 Å². The largest absolute Gasteiger partial charge is 0.425 e. The van der Waals surface area contributed by atoms with Gasteiger partial charge in [0.2, 0.25) is 0 Å². The summed E-state index contributed by atoms with van der Waals surface area (Å²) in [7, 11) is 0. The van der Waals surface area contributed by atoms with Gasteiger partial charge in [-0.05, 0) is 94.8 Å². The van der Waals surface area contributed by atoms with E-state index in [1.807, 2.05) is 86.6 Å². The van der Waals surface area contributed by atoms with Gasteiger partial charge in [0.15, 0.2) is 0 Å². The molecule has 0 bridgehead atoms. The molecule has 50 heavy (non-hydrogen) atoms. The van der Waals surface area contributed by atoms with E-state index in [1.54, 1.807) is 0 Å². The Kier molecular flexibility index (Phi) is 11.3. The Labute approximate surface area is 304 Å². The smallest absolute Gasteiger partial charge is 0.314 e. The predicted octanol–water partition coefficient (Wildman–Crippen LogP) is 13.5. The highest BCUT2D eigenvalue weighted by molar-refractivity contribution is 6.34. The second-order valence-electron chi connectivity index (χ2n) is 13.2. The minimum Gasteiger partial charge on any atom is -0.425 e. The zero-order valence-corrected chi connectivity index (χ0v) is 30.8. The van der Waals surface area contributed by atoms with Gasteiger partial charge in [-0.3, -0.25) is 9.59 Å². The summed E-state index contributed by atoms with van der Waals surface area (Å²) in [5.41, 5.74) is 1.87. The molecule has 258 valence electrons. The fourth-order valence-corrected chi connectivity index (χ4v) is 7.57. The minimum atomic E-state index is -0.215. The molecule has 2 atom stereocenters. The third kappa shape index (κ3) is 6.93. The van der Waals surface area contributed by atoms with Gasteiger partial charge in [0.1, 0.15) is 11.5 Å². The Morgan fingerprint density at radius 2 is 0.880 bits per heavy atom. The molecule has 6 rings (SSSR count). The highest BCUT2D eigenvalue weighted by Gasteiger charge is 2.27. The van der Waals surface area contributed by atoms with Crippen LogP contribution in [0.1, 0.15) is 79.1 Å². The molecule has 2 unspecified atom stereocenters. The van der Waals surface area contributed by atoms with Crippen LogP contribution in [0, 0.1) is 11.8 Å². The number of ether oxygens (including phenoxy) is 2. The van der Waals surface area contributed by atoms with Gasteiger partial charge < -0.3 is 9.47 Å². The number of rotatable bonds is 13. The van der Waals surface area contributed by atoms with Crippen LogP contribution in [0.25, 0.3) is 54.2 Å². The molecule has 6 heteroatoms. The summed E-state index contributed by atoms with van der Waals surface area (Å²) >= 11 is 13.5. The Balaban J connectivity index is 1.67. The van der Waals surface area contributed by atoms with E-state index in [2.05, 4.69) is 26.0 Å². The van der Waals surface area contributed by atoms with Crippen molar-refractivity contribution in [2.24, 2.45) is 11.8 Å². The SMILES string of the molecule is CCCCC(CC)C(=O)Oc1c2ccccc2c(-c2c3ccccc3c(OC(=O)C(CC)CCCC)c3ccc(Cl)cc23)c2cc(Cl)ccc12. The van der Waals surface area contributed by atoms with Crippen LogP contribution in [-0.4, -0.2) is 11.9 Å². The van der Waals surface area contributed by atoms with Gasteiger partial charge in [0.05, 0.1) is 11.8 Å². The zero-order chi connectivity index (χ0) is 35.4. The van der Waals surface area contributed by atoms with Crippen LogP contribution < -0.4 is 9.47 Å². The van der Waals surface area contributed by atoms with Crippen LogP contribution in [0.3, 0.4) is 0 Å². The van der Waals surface area contributed by atoms with Crippen LogP contribution in [0.5, 0.6) is 11.5 Å². The number of unbranched alkanes of at least 4 members (excludes halogenated alkanes) is 2. The Morgan fingerprint density at radius 3 is 1.24 bits per heavy atom. The zero-order valence-electron chi connectivity index (χ0n) is 29.3. The number of fused-ring (bicyclic) bond motifs is 4. The summed E-state index contributed by atoms with van der Waals surface area (Å²) in [4.78, 5) is 27.4. The van der Waals surface area contributed by atoms with E-state index >= 15 is 0 Å². The van der Waals surface area contributed by atoms with E-state index in [1.165, 1.54) is 0 Å². The third-order valence-electron chi connectivity index (χ3n) is 9.99. The number of halogens is 2. The van der Waals surface area contributed by atoms with E-state index in [0.717, 1.165) is 92.7 Å². The highest BCUT2D eigenvalue weighted by Crippen LogP contribution is 2.51. The molecule has 0 radical (unpaired) electrons. The summed E-state index contributed by atoms with van der Waals surface area (Å²) in [5.74, 6) is 0.267. The fraction of sp³-hybridized carbons (Fsp3) is 0.318. The third-order valence-corrected chi connectivity index (χ3v) is 10.5. The molecule has 0 N–H and O–H groups in total. The second kappa shape index (κ2) is 15.8. The highest BCUT2D eigenvalue weighted by atomic mass is 35.5. The molecule has 0 aliphatic rings. The number of hydrogen-bond donors (Lipinski definition) is 0. The van der Waals surface area contributed by atoms with Crippen molar-refractivity contribution in [3.63, 3.8) is 0 Å². The maximum atomic E-state index is 13.7. The first-order valence-corrected chi connectivity index (χ1v) is 18.8.